The number of hydrogen-bond acceptors (Lipinski definition) is 5. The summed E-state index contributed by atoms with van der Waals surface area (Å²) in [6, 6.07) is 0. The monoisotopic (exact) mass is 306 g/mol. The average molecular weight is 306 g/mol. The molecule has 1 amide bonds. The summed E-state index contributed by atoms with van der Waals surface area (Å²) in [5.41, 5.74) is 3.05. The molecule has 3 N–H and O–H groups in total. The highest BCUT2D eigenvalue weighted by molar-refractivity contribution is 7.18. The van der Waals surface area contributed by atoms with Gasteiger partial charge in [-0.1, -0.05) is 6.92 Å². The summed E-state index contributed by atoms with van der Waals surface area (Å²) in [7, 11) is 0. The summed E-state index contributed by atoms with van der Waals surface area (Å²) < 4.78 is 1.40. The number of nitrogens with zero attached hydrogens (tertiary/aromatic N) is 2. The van der Waals surface area contributed by atoms with Crippen molar-refractivity contribution in [3.63, 3.8) is 0 Å². The highest BCUT2D eigenvalue weighted by Crippen LogP contribution is 2.35. The van der Waals surface area contributed by atoms with Crippen LogP contribution < -0.4 is 16.8 Å². The predicted molar refractivity (Wildman–Crippen MR) is 82.1 cm³/mol. The lowest BCUT2D eigenvalue weighted by molar-refractivity contribution is -0.121. The highest BCUT2D eigenvalue weighted by atomic mass is 32.1. The van der Waals surface area contributed by atoms with Crippen LogP contribution >= 0.6 is 11.3 Å². The normalized spacial score (nSPS) is 17.8. The predicted octanol–water partition coefficient (Wildman–Crippen LogP) is 0.881. The molecule has 1 unspecified atom stereocenters. The molecule has 0 fully saturated rings. The molecule has 1 aliphatic rings. The van der Waals surface area contributed by atoms with E-state index in [1.807, 2.05) is 0 Å². The van der Waals surface area contributed by atoms with E-state index in [0.717, 1.165) is 29.7 Å². The molecule has 0 aliphatic heterocycles. The Bertz CT molecular complexity index is 777. The van der Waals surface area contributed by atoms with Crippen molar-refractivity contribution in [3.8, 4) is 0 Å². The second-order valence-electron chi connectivity index (χ2n) is 5.65. The van der Waals surface area contributed by atoms with Crippen molar-refractivity contribution in [1.82, 2.24) is 15.0 Å². The van der Waals surface area contributed by atoms with Crippen LogP contribution in [0.2, 0.25) is 0 Å². The van der Waals surface area contributed by atoms with Crippen molar-refractivity contribution in [2.75, 3.05) is 0 Å². The van der Waals surface area contributed by atoms with Gasteiger partial charge in [0.25, 0.3) is 11.5 Å². The number of nitrogens with two attached hydrogens (primary N) is 1. The Kier molecular flexibility index (Phi) is 3.54. The summed E-state index contributed by atoms with van der Waals surface area (Å²) in [4.78, 5) is 30.8. The molecule has 3 rings (SSSR count). The lowest BCUT2D eigenvalue weighted by Crippen LogP contribution is -2.37. The fraction of sp³-hybridized carbons (Fsp3) is 0.500. The number of hydrazine groups is 1. The fourth-order valence-corrected chi connectivity index (χ4v) is 4.32. The largest absolute Gasteiger partial charge is 0.293 e. The number of fused-ring (bicyclic) bond motifs is 3. The Morgan fingerprint density at radius 1 is 1.57 bits per heavy atom. The molecule has 112 valence electrons. The van der Waals surface area contributed by atoms with Crippen molar-refractivity contribution in [2.24, 2.45) is 11.8 Å². The van der Waals surface area contributed by atoms with E-state index < -0.39 is 5.91 Å². The molecule has 21 heavy (non-hydrogen) atoms. The van der Waals surface area contributed by atoms with E-state index in [1.54, 1.807) is 18.3 Å². The van der Waals surface area contributed by atoms with E-state index in [2.05, 4.69) is 17.3 Å². The molecular weight excluding hydrogens is 288 g/mol. The number of aromatic nitrogens is 2. The maximum atomic E-state index is 12.7. The molecule has 1 atom stereocenters. The zero-order valence-electron chi connectivity index (χ0n) is 12.1. The molecule has 2 aromatic rings. The van der Waals surface area contributed by atoms with Crippen LogP contribution in [0.4, 0.5) is 0 Å². The lowest BCUT2D eigenvalue weighted by Gasteiger charge is -2.17. The van der Waals surface area contributed by atoms with E-state index in [1.165, 1.54) is 9.44 Å². The van der Waals surface area contributed by atoms with Crippen molar-refractivity contribution in [1.29, 1.82) is 0 Å². The summed E-state index contributed by atoms with van der Waals surface area (Å²) in [5.74, 6) is 5.90. The first-order valence-electron chi connectivity index (χ1n) is 7.02. The molecular formula is C14H18N4O2S. The highest BCUT2D eigenvalue weighted by Gasteiger charge is 2.24. The van der Waals surface area contributed by atoms with Crippen LogP contribution in [-0.4, -0.2) is 15.5 Å². The van der Waals surface area contributed by atoms with Gasteiger partial charge in [-0.25, -0.2) is 10.8 Å². The standard InChI is InChI=1S/C14H18N4O2S/c1-7-3-4-9-10(5-7)21-13-12(9)14(20)18(8(2)16-13)6-11(19)17-15/h7H,3-6,15H2,1-2H3,(H,17,19). The van der Waals surface area contributed by atoms with Crippen molar-refractivity contribution in [2.45, 2.75) is 39.7 Å². The van der Waals surface area contributed by atoms with E-state index in [-0.39, 0.29) is 12.1 Å². The molecule has 6 nitrogen and oxygen atoms in total. The molecule has 0 aromatic carbocycles. The maximum Gasteiger partial charge on any atom is 0.263 e. The molecule has 0 bridgehead atoms. The van der Waals surface area contributed by atoms with E-state index in [9.17, 15) is 9.59 Å². The van der Waals surface area contributed by atoms with E-state index in [0.29, 0.717) is 17.1 Å². The molecule has 7 heteroatoms. The Labute approximate surface area is 125 Å². The SMILES string of the molecule is Cc1nc2sc3c(c2c(=O)n1CC(=O)NN)CCC(C)C3. The molecule has 2 aromatic heterocycles. The zero-order chi connectivity index (χ0) is 15.1. The molecule has 0 saturated carbocycles. The number of amides is 1. The van der Waals surface area contributed by atoms with Crippen LogP contribution in [0.15, 0.2) is 4.79 Å². The Balaban J connectivity index is 2.19. The Morgan fingerprint density at radius 2 is 2.33 bits per heavy atom. The second-order valence-corrected chi connectivity index (χ2v) is 6.73. The van der Waals surface area contributed by atoms with Gasteiger partial charge in [0.05, 0.1) is 5.39 Å². The first-order chi connectivity index (χ1) is 10.0. The van der Waals surface area contributed by atoms with Crippen LogP contribution in [0.1, 0.15) is 29.6 Å². The summed E-state index contributed by atoms with van der Waals surface area (Å²) in [6.45, 7) is 3.88. The topological polar surface area (TPSA) is 90.0 Å². The van der Waals surface area contributed by atoms with Gasteiger partial charge in [-0.05, 0) is 37.7 Å². The maximum absolute atomic E-state index is 12.7. The number of nitrogens with one attached hydrogen (secondary N) is 1. The van der Waals surface area contributed by atoms with Gasteiger partial charge in [-0.2, -0.15) is 0 Å². The fourth-order valence-electron chi connectivity index (χ4n) is 2.90. The average Bonchev–Trinajstić information content (AvgIpc) is 2.79. The van der Waals surface area contributed by atoms with Gasteiger partial charge in [0.2, 0.25) is 0 Å². The first-order valence-corrected chi connectivity index (χ1v) is 7.84. The minimum absolute atomic E-state index is 0.0921. The second kappa shape index (κ2) is 5.23. The van der Waals surface area contributed by atoms with Crippen LogP contribution in [0, 0.1) is 12.8 Å². The lowest BCUT2D eigenvalue weighted by atomic mass is 9.89. The van der Waals surface area contributed by atoms with Crippen molar-refractivity contribution >= 4 is 27.5 Å². The van der Waals surface area contributed by atoms with Gasteiger partial charge in [0.15, 0.2) is 0 Å². The summed E-state index contributed by atoms with van der Waals surface area (Å²) >= 11 is 1.62. The zero-order valence-corrected chi connectivity index (χ0v) is 12.9. The first kappa shape index (κ1) is 14.2. The van der Waals surface area contributed by atoms with Crippen molar-refractivity contribution in [3.05, 3.63) is 26.6 Å². The smallest absolute Gasteiger partial charge is 0.263 e. The quantitative estimate of drug-likeness (QED) is 0.489. The van der Waals surface area contributed by atoms with Crippen LogP contribution in [0.25, 0.3) is 10.2 Å². The summed E-state index contributed by atoms with van der Waals surface area (Å²) in [6.07, 6.45) is 3.02. The number of hydrogen-bond donors (Lipinski definition) is 2. The molecule has 0 spiro atoms. The Hall–Kier alpha value is -1.73. The van der Waals surface area contributed by atoms with Gasteiger partial charge < -0.3 is 0 Å². The minimum atomic E-state index is -0.404. The van der Waals surface area contributed by atoms with Crippen LogP contribution in [0.3, 0.4) is 0 Å². The number of aryl methyl sites for hydroxylation is 2. The van der Waals surface area contributed by atoms with Gasteiger partial charge >= 0.3 is 0 Å². The number of thiophene rings is 1. The van der Waals surface area contributed by atoms with E-state index >= 15 is 0 Å². The van der Waals surface area contributed by atoms with Crippen molar-refractivity contribution < 1.29 is 4.79 Å². The molecule has 0 saturated heterocycles. The van der Waals surface area contributed by atoms with Crippen LogP contribution in [0.5, 0.6) is 0 Å². The third-order valence-electron chi connectivity index (χ3n) is 4.07. The Morgan fingerprint density at radius 3 is 3.05 bits per heavy atom. The number of carbonyl (C=O) groups excluding carboxylic acids is 1. The van der Waals surface area contributed by atoms with Crippen LogP contribution in [-0.2, 0) is 24.2 Å². The van der Waals surface area contributed by atoms with Gasteiger partial charge in [-0.15, -0.1) is 11.3 Å². The third-order valence-corrected chi connectivity index (χ3v) is 5.22. The van der Waals surface area contributed by atoms with Gasteiger partial charge in [-0.3, -0.25) is 19.6 Å². The minimum Gasteiger partial charge on any atom is -0.293 e. The summed E-state index contributed by atoms with van der Waals surface area (Å²) in [5, 5.41) is 0.692. The number of rotatable bonds is 2. The van der Waals surface area contributed by atoms with Gasteiger partial charge in [0.1, 0.15) is 17.2 Å². The van der Waals surface area contributed by atoms with Gasteiger partial charge in [0, 0.05) is 4.88 Å². The molecule has 2 heterocycles. The molecule has 0 radical (unpaired) electrons. The number of carbonyl (C=O) groups is 1. The van der Waals surface area contributed by atoms with E-state index in [4.69, 9.17) is 5.84 Å². The third kappa shape index (κ3) is 2.36. The molecule has 1 aliphatic carbocycles.